The lowest BCUT2D eigenvalue weighted by Gasteiger charge is -2.43. The van der Waals surface area contributed by atoms with Crippen LogP contribution in [-0.2, 0) is 17.6 Å². The van der Waals surface area contributed by atoms with Crippen LogP contribution in [0.1, 0.15) is 40.5 Å². The average Bonchev–Trinajstić information content (AvgIpc) is 3.41. The van der Waals surface area contributed by atoms with Gasteiger partial charge in [-0.05, 0) is 31.4 Å². The van der Waals surface area contributed by atoms with E-state index in [9.17, 15) is 5.26 Å². The molecular formula is C23H26ClN7O2. The summed E-state index contributed by atoms with van der Waals surface area (Å²) >= 11 is 6.56. The molecule has 1 atom stereocenters. The number of rotatable bonds is 6. The minimum absolute atomic E-state index is 0.197. The second-order valence-corrected chi connectivity index (χ2v) is 9.10. The van der Waals surface area contributed by atoms with Gasteiger partial charge in [0.2, 0.25) is 0 Å². The summed E-state index contributed by atoms with van der Waals surface area (Å²) < 4.78 is 11.4. The van der Waals surface area contributed by atoms with Gasteiger partial charge in [0.1, 0.15) is 23.5 Å². The van der Waals surface area contributed by atoms with Gasteiger partial charge in [0.25, 0.3) is 0 Å². The number of anilines is 1. The zero-order valence-electron chi connectivity index (χ0n) is 18.7. The standard InChI is InChI=1S/C23H26ClN7O2/c1-12-19-22(26)27-18(28-23(19)30-29-12)4-3-13-7-17(24)16(8-25)20(21(13)32-2)14-9-31(10-14)15-5-6-33-11-15/h7,14-15H,3-6,9-11H2,1-2H3,(H3,26,27,28,29,30). The van der Waals surface area contributed by atoms with Crippen LogP contribution < -0.4 is 10.5 Å². The predicted molar refractivity (Wildman–Crippen MR) is 124 cm³/mol. The molecular weight excluding hydrogens is 442 g/mol. The smallest absolute Gasteiger partial charge is 0.186 e. The number of aromatic amines is 1. The van der Waals surface area contributed by atoms with E-state index < -0.39 is 0 Å². The van der Waals surface area contributed by atoms with Gasteiger partial charge in [-0.3, -0.25) is 10.00 Å². The van der Waals surface area contributed by atoms with Crippen LogP contribution in [0.5, 0.6) is 5.75 Å². The fourth-order valence-electron chi connectivity index (χ4n) is 4.94. The van der Waals surface area contributed by atoms with Crippen molar-refractivity contribution in [2.24, 2.45) is 0 Å². The van der Waals surface area contributed by atoms with Crippen molar-refractivity contribution in [2.75, 3.05) is 39.1 Å². The Labute approximate surface area is 196 Å². The number of likely N-dealkylation sites (tertiary alicyclic amines) is 1. The van der Waals surface area contributed by atoms with Crippen LogP contribution in [0.3, 0.4) is 0 Å². The summed E-state index contributed by atoms with van der Waals surface area (Å²) in [6.45, 7) is 5.22. The molecule has 33 heavy (non-hydrogen) atoms. The highest BCUT2D eigenvalue weighted by molar-refractivity contribution is 6.32. The molecule has 0 radical (unpaired) electrons. The first-order valence-electron chi connectivity index (χ1n) is 11.1. The summed E-state index contributed by atoms with van der Waals surface area (Å²) in [5, 5.41) is 18.1. The van der Waals surface area contributed by atoms with Crippen LogP contribution >= 0.6 is 11.6 Å². The molecule has 1 aromatic carbocycles. The van der Waals surface area contributed by atoms with Gasteiger partial charge in [-0.1, -0.05) is 11.6 Å². The third-order valence-electron chi connectivity index (χ3n) is 6.69. The minimum Gasteiger partial charge on any atom is -0.496 e. The van der Waals surface area contributed by atoms with E-state index >= 15 is 0 Å². The van der Waals surface area contributed by atoms with Gasteiger partial charge in [0, 0.05) is 49.3 Å². The molecule has 4 heterocycles. The fraction of sp³-hybridized carbons (Fsp3) is 0.478. The topological polar surface area (TPSA) is 126 Å². The van der Waals surface area contributed by atoms with Gasteiger partial charge in [-0.2, -0.15) is 10.4 Å². The number of nitrogens with one attached hydrogen (secondary N) is 1. The molecule has 2 aliphatic heterocycles. The third kappa shape index (κ3) is 3.88. The molecule has 2 saturated heterocycles. The molecule has 2 aliphatic rings. The Hall–Kier alpha value is -2.93. The molecule has 0 bridgehead atoms. The van der Waals surface area contributed by atoms with E-state index in [0.29, 0.717) is 46.8 Å². The number of nitrogens with two attached hydrogens (primary N) is 1. The number of methoxy groups -OCH3 is 1. The van der Waals surface area contributed by atoms with Crippen molar-refractivity contribution in [3.63, 3.8) is 0 Å². The molecule has 10 heteroatoms. The molecule has 0 saturated carbocycles. The van der Waals surface area contributed by atoms with E-state index in [4.69, 9.17) is 26.8 Å². The lowest BCUT2D eigenvalue weighted by molar-refractivity contribution is 0.0765. The summed E-state index contributed by atoms with van der Waals surface area (Å²) in [6, 6.07) is 4.58. The van der Waals surface area contributed by atoms with Crippen molar-refractivity contribution >= 4 is 28.5 Å². The first kappa shape index (κ1) is 21.9. The van der Waals surface area contributed by atoms with Crippen molar-refractivity contribution < 1.29 is 9.47 Å². The van der Waals surface area contributed by atoms with Gasteiger partial charge >= 0.3 is 0 Å². The molecule has 172 valence electrons. The SMILES string of the molecule is COc1c(CCc2nc(N)c3c(C)[nH]nc3n2)cc(Cl)c(C#N)c1C1CN(C2CCOC2)C1. The minimum atomic E-state index is 0.197. The van der Waals surface area contributed by atoms with Crippen molar-refractivity contribution in [3.05, 3.63) is 39.3 Å². The number of hydrogen-bond acceptors (Lipinski definition) is 8. The van der Waals surface area contributed by atoms with E-state index in [1.807, 2.05) is 13.0 Å². The van der Waals surface area contributed by atoms with E-state index in [1.54, 1.807) is 7.11 Å². The number of aryl methyl sites for hydroxylation is 3. The van der Waals surface area contributed by atoms with Crippen LogP contribution in [0.4, 0.5) is 5.82 Å². The van der Waals surface area contributed by atoms with Crippen LogP contribution in [0.2, 0.25) is 5.02 Å². The van der Waals surface area contributed by atoms with Crippen molar-refractivity contribution in [2.45, 2.75) is 38.1 Å². The first-order valence-corrected chi connectivity index (χ1v) is 11.5. The van der Waals surface area contributed by atoms with Crippen molar-refractivity contribution in [1.29, 1.82) is 5.26 Å². The zero-order valence-corrected chi connectivity index (χ0v) is 19.4. The monoisotopic (exact) mass is 467 g/mol. The number of fused-ring (bicyclic) bond motifs is 1. The van der Waals surface area contributed by atoms with Crippen LogP contribution in [0.25, 0.3) is 11.0 Å². The number of H-pyrrole nitrogens is 1. The fourth-order valence-corrected chi connectivity index (χ4v) is 5.22. The molecule has 3 N–H and O–H groups in total. The molecule has 5 rings (SSSR count). The van der Waals surface area contributed by atoms with Crippen LogP contribution in [-0.4, -0.2) is 64.5 Å². The van der Waals surface area contributed by atoms with E-state index in [0.717, 1.165) is 60.7 Å². The zero-order chi connectivity index (χ0) is 23.1. The maximum atomic E-state index is 9.83. The summed E-state index contributed by atoms with van der Waals surface area (Å²) in [6.07, 6.45) is 2.20. The van der Waals surface area contributed by atoms with Gasteiger partial charge in [-0.25, -0.2) is 9.97 Å². The second-order valence-electron chi connectivity index (χ2n) is 8.69. The van der Waals surface area contributed by atoms with Gasteiger partial charge in [-0.15, -0.1) is 0 Å². The maximum Gasteiger partial charge on any atom is 0.186 e. The summed E-state index contributed by atoms with van der Waals surface area (Å²) in [5.41, 5.74) is 9.87. The Bertz CT molecular complexity index is 1240. The summed E-state index contributed by atoms with van der Waals surface area (Å²) in [5.74, 6) is 1.94. The second kappa shape index (κ2) is 8.78. The maximum absolute atomic E-state index is 9.83. The number of benzene rings is 1. The van der Waals surface area contributed by atoms with Gasteiger partial charge in [0.05, 0.1) is 29.7 Å². The van der Waals surface area contributed by atoms with Crippen LogP contribution in [0.15, 0.2) is 6.07 Å². The molecule has 0 aliphatic carbocycles. The first-order chi connectivity index (χ1) is 16.0. The lowest BCUT2D eigenvalue weighted by atomic mass is 9.84. The molecule has 3 aromatic rings. The normalized spacial score (nSPS) is 19.0. The summed E-state index contributed by atoms with van der Waals surface area (Å²) in [7, 11) is 1.64. The highest BCUT2D eigenvalue weighted by atomic mass is 35.5. The largest absolute Gasteiger partial charge is 0.496 e. The Morgan fingerprint density at radius 3 is 2.88 bits per heavy atom. The predicted octanol–water partition coefficient (Wildman–Crippen LogP) is 2.75. The van der Waals surface area contributed by atoms with E-state index in [2.05, 4.69) is 31.1 Å². The van der Waals surface area contributed by atoms with E-state index in [1.165, 1.54) is 0 Å². The highest BCUT2D eigenvalue weighted by Gasteiger charge is 2.38. The number of ether oxygens (including phenoxy) is 2. The van der Waals surface area contributed by atoms with Gasteiger partial charge in [0.15, 0.2) is 5.65 Å². The van der Waals surface area contributed by atoms with Crippen molar-refractivity contribution in [1.82, 2.24) is 25.1 Å². The van der Waals surface area contributed by atoms with Crippen LogP contribution in [0, 0.1) is 18.3 Å². The number of aromatic nitrogens is 4. The number of nitriles is 1. The molecule has 2 fully saturated rings. The number of nitrogens with zero attached hydrogens (tertiary/aromatic N) is 5. The quantitative estimate of drug-likeness (QED) is 0.566. The van der Waals surface area contributed by atoms with Crippen molar-refractivity contribution in [3.8, 4) is 11.8 Å². The Kier molecular flexibility index (Phi) is 5.83. The number of nitrogen functional groups attached to an aromatic ring is 1. The lowest BCUT2D eigenvalue weighted by Crippen LogP contribution is -2.51. The molecule has 0 amide bonds. The highest BCUT2D eigenvalue weighted by Crippen LogP contribution is 2.42. The molecule has 2 aromatic heterocycles. The third-order valence-corrected chi connectivity index (χ3v) is 6.99. The van der Waals surface area contributed by atoms with Gasteiger partial charge < -0.3 is 15.2 Å². The van der Waals surface area contributed by atoms with E-state index in [-0.39, 0.29) is 5.92 Å². The Balaban J connectivity index is 1.41. The Morgan fingerprint density at radius 1 is 1.36 bits per heavy atom. The number of halogens is 1. The molecule has 9 nitrogen and oxygen atoms in total. The summed E-state index contributed by atoms with van der Waals surface area (Å²) in [4.78, 5) is 11.4. The Morgan fingerprint density at radius 2 is 2.18 bits per heavy atom. The molecule has 0 spiro atoms. The number of hydrogen-bond donors (Lipinski definition) is 2. The average molecular weight is 468 g/mol. The molecule has 1 unspecified atom stereocenters.